The molecule has 1 fully saturated rings. The van der Waals surface area contributed by atoms with E-state index in [0.29, 0.717) is 28.8 Å². The molecular formula is C24H22ClFN4O3. The summed E-state index contributed by atoms with van der Waals surface area (Å²) in [7, 11) is 1.53. The highest BCUT2D eigenvalue weighted by molar-refractivity contribution is 6.30. The van der Waals surface area contributed by atoms with E-state index in [2.05, 4.69) is 15.6 Å². The van der Waals surface area contributed by atoms with Gasteiger partial charge in [0, 0.05) is 53.6 Å². The van der Waals surface area contributed by atoms with Crippen LogP contribution in [0.5, 0.6) is 5.88 Å². The van der Waals surface area contributed by atoms with Gasteiger partial charge >= 0.3 is 6.03 Å². The molecule has 2 aromatic carbocycles. The Morgan fingerprint density at radius 2 is 1.85 bits per heavy atom. The summed E-state index contributed by atoms with van der Waals surface area (Å²) in [5, 5.41) is 6.24. The fraction of sp³-hybridized carbons (Fsp3) is 0.208. The van der Waals surface area contributed by atoms with E-state index < -0.39 is 12.1 Å². The van der Waals surface area contributed by atoms with E-state index >= 15 is 0 Å². The Morgan fingerprint density at radius 3 is 2.48 bits per heavy atom. The molecular weight excluding hydrogens is 447 g/mol. The number of carbonyl (C=O) groups excluding carboxylic acids is 2. The Kier molecular flexibility index (Phi) is 6.74. The van der Waals surface area contributed by atoms with Gasteiger partial charge in [0.2, 0.25) is 11.8 Å². The zero-order valence-corrected chi connectivity index (χ0v) is 18.6. The zero-order chi connectivity index (χ0) is 23.4. The van der Waals surface area contributed by atoms with Gasteiger partial charge < -0.3 is 20.3 Å². The number of aromatic nitrogens is 1. The highest BCUT2D eigenvalue weighted by atomic mass is 35.5. The van der Waals surface area contributed by atoms with Crippen LogP contribution in [0, 0.1) is 5.82 Å². The lowest BCUT2D eigenvalue weighted by atomic mass is 9.86. The largest absolute Gasteiger partial charge is 0.481 e. The van der Waals surface area contributed by atoms with Crippen LogP contribution in [0.4, 0.5) is 20.6 Å². The van der Waals surface area contributed by atoms with Gasteiger partial charge in [-0.25, -0.2) is 14.2 Å². The minimum absolute atomic E-state index is 0.0715. The van der Waals surface area contributed by atoms with Crippen LogP contribution in [-0.4, -0.2) is 36.6 Å². The maximum Gasteiger partial charge on any atom is 0.319 e. The van der Waals surface area contributed by atoms with Crippen molar-refractivity contribution in [3.63, 3.8) is 0 Å². The Balaban J connectivity index is 1.56. The van der Waals surface area contributed by atoms with Crippen LogP contribution in [0.15, 0.2) is 66.9 Å². The van der Waals surface area contributed by atoms with E-state index in [1.807, 2.05) is 6.07 Å². The van der Waals surface area contributed by atoms with Gasteiger partial charge in [-0.1, -0.05) is 17.7 Å². The molecule has 1 aromatic heterocycles. The number of urea groups is 1. The number of hydrogen-bond acceptors (Lipinski definition) is 4. The summed E-state index contributed by atoms with van der Waals surface area (Å²) in [5.74, 6) is -0.332. The van der Waals surface area contributed by atoms with E-state index in [4.69, 9.17) is 16.3 Å². The van der Waals surface area contributed by atoms with Gasteiger partial charge in [-0.3, -0.25) is 4.79 Å². The van der Waals surface area contributed by atoms with Crippen molar-refractivity contribution in [2.45, 2.75) is 18.4 Å². The first-order valence-corrected chi connectivity index (χ1v) is 10.7. The predicted octanol–water partition coefficient (Wildman–Crippen LogP) is 4.59. The first kappa shape index (κ1) is 22.5. The van der Waals surface area contributed by atoms with Crippen molar-refractivity contribution in [1.29, 1.82) is 0 Å². The molecule has 9 heteroatoms. The Labute approximate surface area is 195 Å². The molecule has 2 N–H and O–H groups in total. The Morgan fingerprint density at radius 1 is 1.12 bits per heavy atom. The van der Waals surface area contributed by atoms with Crippen molar-refractivity contribution < 1.29 is 18.7 Å². The number of benzene rings is 2. The van der Waals surface area contributed by atoms with Crippen LogP contribution in [-0.2, 0) is 4.79 Å². The van der Waals surface area contributed by atoms with Crippen molar-refractivity contribution >= 4 is 34.9 Å². The fourth-order valence-electron chi connectivity index (χ4n) is 3.83. The molecule has 1 aliphatic heterocycles. The number of amides is 3. The molecule has 0 aliphatic carbocycles. The number of ether oxygens (including phenoxy) is 1. The lowest BCUT2D eigenvalue weighted by molar-refractivity contribution is -0.120. The maximum atomic E-state index is 13.4. The minimum Gasteiger partial charge on any atom is -0.481 e. The number of carbonyl (C=O) groups is 2. The molecule has 2 heterocycles. The normalized spacial score (nSPS) is 18.0. The summed E-state index contributed by atoms with van der Waals surface area (Å²) < 4.78 is 18.5. The van der Waals surface area contributed by atoms with Crippen LogP contribution >= 0.6 is 11.6 Å². The molecule has 33 heavy (non-hydrogen) atoms. The van der Waals surface area contributed by atoms with Gasteiger partial charge in [0.25, 0.3) is 0 Å². The van der Waals surface area contributed by atoms with Crippen molar-refractivity contribution in [2.24, 2.45) is 0 Å². The van der Waals surface area contributed by atoms with Gasteiger partial charge in [-0.15, -0.1) is 0 Å². The van der Waals surface area contributed by atoms with Crippen molar-refractivity contribution in [2.75, 3.05) is 23.9 Å². The van der Waals surface area contributed by atoms with Crippen LogP contribution in [0.1, 0.15) is 17.9 Å². The Hall–Kier alpha value is -3.65. The zero-order valence-electron chi connectivity index (χ0n) is 17.8. The summed E-state index contributed by atoms with van der Waals surface area (Å²) >= 11 is 5.90. The summed E-state index contributed by atoms with van der Waals surface area (Å²) in [6, 6.07) is 15.2. The number of nitrogens with zero attached hydrogens (tertiary/aromatic N) is 2. The maximum absolute atomic E-state index is 13.4. The average Bonchev–Trinajstić information content (AvgIpc) is 2.81. The molecule has 0 bridgehead atoms. The average molecular weight is 469 g/mol. The molecule has 2 atom stereocenters. The SMILES string of the molecule is COc1ccc(C2CN(c3ccc(F)cc3)C(=O)CC2NC(=O)Nc2ccc(Cl)cc2)cn1. The first-order valence-electron chi connectivity index (χ1n) is 10.3. The number of piperidine rings is 1. The molecule has 0 spiro atoms. The molecule has 3 aromatic rings. The van der Waals surface area contributed by atoms with E-state index in [9.17, 15) is 14.0 Å². The smallest absolute Gasteiger partial charge is 0.319 e. The van der Waals surface area contributed by atoms with Gasteiger partial charge in [0.05, 0.1) is 7.11 Å². The van der Waals surface area contributed by atoms with Crippen molar-refractivity contribution in [1.82, 2.24) is 10.3 Å². The van der Waals surface area contributed by atoms with Crippen molar-refractivity contribution in [3.8, 4) is 5.88 Å². The topological polar surface area (TPSA) is 83.6 Å². The first-order chi connectivity index (χ1) is 15.9. The third-order valence-electron chi connectivity index (χ3n) is 5.51. The molecule has 0 saturated carbocycles. The number of anilines is 2. The van der Waals surface area contributed by atoms with E-state index in [0.717, 1.165) is 5.56 Å². The second-order valence-corrected chi connectivity index (χ2v) is 8.07. The number of methoxy groups -OCH3 is 1. The second kappa shape index (κ2) is 9.87. The summed E-state index contributed by atoms with van der Waals surface area (Å²) in [5.41, 5.74) is 2.01. The quantitative estimate of drug-likeness (QED) is 0.573. The van der Waals surface area contributed by atoms with Crippen molar-refractivity contribution in [3.05, 3.63) is 83.3 Å². The monoisotopic (exact) mass is 468 g/mol. The van der Waals surface area contributed by atoms with E-state index in [1.54, 1.807) is 53.6 Å². The summed E-state index contributed by atoms with van der Waals surface area (Å²) in [4.78, 5) is 31.5. The number of hydrogen-bond donors (Lipinski definition) is 2. The molecule has 1 saturated heterocycles. The van der Waals surface area contributed by atoms with Gasteiger partial charge in [-0.2, -0.15) is 0 Å². The number of nitrogens with one attached hydrogen (secondary N) is 2. The standard InChI is InChI=1S/C24H22ClFN4O3/c1-33-22-11-2-15(13-27-22)20-14-30(19-9-5-17(26)6-10-19)23(31)12-21(20)29-24(32)28-18-7-3-16(25)4-8-18/h2-11,13,20-21H,12,14H2,1H3,(H2,28,29,32). The van der Waals surface area contributed by atoms with Crippen LogP contribution in [0.2, 0.25) is 5.02 Å². The van der Waals surface area contributed by atoms with Crippen LogP contribution < -0.4 is 20.3 Å². The molecule has 2 unspecified atom stereocenters. The minimum atomic E-state index is -0.475. The highest BCUT2D eigenvalue weighted by Crippen LogP contribution is 2.32. The third kappa shape index (κ3) is 5.40. The lowest BCUT2D eigenvalue weighted by Crippen LogP contribution is -2.53. The van der Waals surface area contributed by atoms with E-state index in [1.165, 1.54) is 19.2 Å². The second-order valence-electron chi connectivity index (χ2n) is 7.64. The third-order valence-corrected chi connectivity index (χ3v) is 5.77. The molecule has 1 aliphatic rings. The molecule has 7 nitrogen and oxygen atoms in total. The number of rotatable bonds is 5. The number of pyridine rings is 1. The van der Waals surface area contributed by atoms with E-state index in [-0.39, 0.29) is 24.1 Å². The Bertz CT molecular complexity index is 1120. The predicted molar refractivity (Wildman–Crippen MR) is 124 cm³/mol. The molecule has 170 valence electrons. The van der Waals surface area contributed by atoms with Crippen LogP contribution in [0.3, 0.4) is 0 Å². The lowest BCUT2D eigenvalue weighted by Gasteiger charge is -2.38. The molecule has 3 amide bonds. The van der Waals surface area contributed by atoms with Gasteiger partial charge in [-0.05, 0) is 54.1 Å². The molecule has 0 radical (unpaired) electrons. The molecule has 4 rings (SSSR count). The summed E-state index contributed by atoms with van der Waals surface area (Å²) in [6.07, 6.45) is 1.75. The highest BCUT2D eigenvalue weighted by Gasteiger charge is 2.37. The number of halogens is 2. The summed E-state index contributed by atoms with van der Waals surface area (Å²) in [6.45, 7) is 0.296. The van der Waals surface area contributed by atoms with Crippen LogP contribution in [0.25, 0.3) is 0 Å². The fourth-order valence-corrected chi connectivity index (χ4v) is 3.95. The van der Waals surface area contributed by atoms with Gasteiger partial charge in [0.15, 0.2) is 0 Å². The van der Waals surface area contributed by atoms with Gasteiger partial charge in [0.1, 0.15) is 5.82 Å².